The van der Waals surface area contributed by atoms with Gasteiger partial charge in [0.2, 0.25) is 5.91 Å². The number of carboxylic acids is 1. The molecule has 0 radical (unpaired) electrons. The first-order valence-electron chi connectivity index (χ1n) is 5.33. The van der Waals surface area contributed by atoms with Gasteiger partial charge in [-0.05, 0) is 32.4 Å². The van der Waals surface area contributed by atoms with Crippen LogP contribution in [0.5, 0.6) is 0 Å². The first kappa shape index (κ1) is 12.0. The maximum Gasteiger partial charge on any atom is 0.303 e. The molecular weight excluding hydrogens is 196 g/mol. The van der Waals surface area contributed by atoms with Gasteiger partial charge in [-0.1, -0.05) is 0 Å². The number of piperidine rings is 1. The molecule has 3 N–H and O–H groups in total. The fraction of sp³-hybridized carbons (Fsp3) is 0.800. The second kappa shape index (κ2) is 5.70. The van der Waals surface area contributed by atoms with Gasteiger partial charge >= 0.3 is 5.97 Å². The van der Waals surface area contributed by atoms with Crippen molar-refractivity contribution in [2.75, 3.05) is 19.6 Å². The van der Waals surface area contributed by atoms with Crippen molar-refractivity contribution in [2.45, 2.75) is 25.7 Å². The number of carbonyl (C=O) groups is 2. The van der Waals surface area contributed by atoms with E-state index < -0.39 is 5.97 Å². The van der Waals surface area contributed by atoms with E-state index in [-0.39, 0.29) is 18.2 Å². The molecule has 1 amide bonds. The quantitative estimate of drug-likeness (QED) is 0.677. The number of carboxylic acid groups (broad SMARTS) is 1. The van der Waals surface area contributed by atoms with Crippen LogP contribution in [0.3, 0.4) is 0 Å². The molecule has 0 aromatic heterocycles. The Morgan fingerprint density at radius 1 is 1.47 bits per heavy atom. The maximum atomic E-state index is 11.0. The summed E-state index contributed by atoms with van der Waals surface area (Å²) < 4.78 is 0. The molecule has 0 aromatic rings. The van der Waals surface area contributed by atoms with Crippen LogP contribution in [0, 0.1) is 5.92 Å². The van der Waals surface area contributed by atoms with Gasteiger partial charge in [-0.15, -0.1) is 0 Å². The fourth-order valence-corrected chi connectivity index (χ4v) is 1.94. The van der Waals surface area contributed by atoms with E-state index in [0.29, 0.717) is 13.0 Å². The number of aliphatic carboxylic acids is 1. The van der Waals surface area contributed by atoms with Gasteiger partial charge in [0, 0.05) is 13.0 Å². The Morgan fingerprint density at radius 3 is 2.80 bits per heavy atom. The summed E-state index contributed by atoms with van der Waals surface area (Å²) >= 11 is 0. The Morgan fingerprint density at radius 2 is 2.20 bits per heavy atom. The maximum absolute atomic E-state index is 11.0. The van der Waals surface area contributed by atoms with E-state index in [0.717, 1.165) is 25.9 Å². The predicted octanol–water partition coefficient (Wildman–Crippen LogP) is 0.0485. The van der Waals surface area contributed by atoms with Crippen molar-refractivity contribution in [3.05, 3.63) is 0 Å². The highest BCUT2D eigenvalue weighted by molar-refractivity contribution is 5.76. The smallest absolute Gasteiger partial charge is 0.303 e. The molecule has 1 rings (SSSR count). The summed E-state index contributed by atoms with van der Waals surface area (Å²) in [6, 6.07) is 0. The summed E-state index contributed by atoms with van der Waals surface area (Å²) in [5.74, 6) is -1.06. The zero-order valence-electron chi connectivity index (χ0n) is 8.82. The van der Waals surface area contributed by atoms with Crippen LogP contribution in [0.15, 0.2) is 0 Å². The van der Waals surface area contributed by atoms with Gasteiger partial charge in [-0.2, -0.15) is 0 Å². The zero-order valence-corrected chi connectivity index (χ0v) is 8.82. The number of likely N-dealkylation sites (tertiary alicyclic amines) is 1. The van der Waals surface area contributed by atoms with Crippen molar-refractivity contribution in [2.24, 2.45) is 11.7 Å². The minimum Gasteiger partial charge on any atom is -0.481 e. The molecule has 0 spiro atoms. The largest absolute Gasteiger partial charge is 0.481 e. The van der Waals surface area contributed by atoms with Crippen molar-refractivity contribution in [3.8, 4) is 0 Å². The zero-order chi connectivity index (χ0) is 11.3. The van der Waals surface area contributed by atoms with Crippen molar-refractivity contribution < 1.29 is 14.7 Å². The lowest BCUT2D eigenvalue weighted by atomic mass is 9.97. The Kier molecular flexibility index (Phi) is 4.55. The molecule has 0 saturated carbocycles. The first-order valence-corrected chi connectivity index (χ1v) is 5.33. The normalized spacial score (nSPS) is 22.5. The summed E-state index contributed by atoms with van der Waals surface area (Å²) in [7, 11) is 0. The Balaban J connectivity index is 2.24. The number of nitrogens with two attached hydrogens (primary N) is 1. The van der Waals surface area contributed by atoms with E-state index in [1.807, 2.05) is 0 Å². The van der Waals surface area contributed by atoms with Crippen molar-refractivity contribution in [1.82, 2.24) is 4.90 Å². The third-order valence-electron chi connectivity index (χ3n) is 2.77. The lowest BCUT2D eigenvalue weighted by molar-refractivity contribution is -0.137. The van der Waals surface area contributed by atoms with E-state index in [1.165, 1.54) is 0 Å². The monoisotopic (exact) mass is 214 g/mol. The van der Waals surface area contributed by atoms with Gasteiger partial charge in [0.15, 0.2) is 0 Å². The third kappa shape index (κ3) is 4.29. The van der Waals surface area contributed by atoms with Gasteiger partial charge in [0.25, 0.3) is 0 Å². The standard InChI is InChI=1S/C10H18N2O3/c11-10(15)8-3-1-5-12(7-8)6-2-4-9(13)14/h8H,1-7H2,(H2,11,15)(H,13,14). The molecule has 86 valence electrons. The van der Waals surface area contributed by atoms with Crippen LogP contribution in [0.4, 0.5) is 0 Å². The molecule has 1 aliphatic rings. The molecule has 1 saturated heterocycles. The highest BCUT2D eigenvalue weighted by Gasteiger charge is 2.23. The van der Waals surface area contributed by atoms with Crippen LogP contribution in [0.2, 0.25) is 0 Å². The number of rotatable bonds is 5. The molecule has 1 heterocycles. The summed E-state index contributed by atoms with van der Waals surface area (Å²) in [6.07, 6.45) is 2.67. The van der Waals surface area contributed by atoms with Crippen molar-refractivity contribution in [3.63, 3.8) is 0 Å². The number of hydrogen-bond donors (Lipinski definition) is 2. The van der Waals surface area contributed by atoms with Crippen LogP contribution in [0.25, 0.3) is 0 Å². The second-order valence-corrected chi connectivity index (χ2v) is 4.04. The number of carbonyl (C=O) groups excluding carboxylic acids is 1. The van der Waals surface area contributed by atoms with E-state index in [1.54, 1.807) is 0 Å². The summed E-state index contributed by atoms with van der Waals surface area (Å²) in [5.41, 5.74) is 5.25. The van der Waals surface area contributed by atoms with Gasteiger partial charge in [0.05, 0.1) is 5.92 Å². The van der Waals surface area contributed by atoms with Gasteiger partial charge in [-0.25, -0.2) is 0 Å². The molecule has 0 aromatic carbocycles. The van der Waals surface area contributed by atoms with Gasteiger partial charge in [-0.3, -0.25) is 9.59 Å². The lowest BCUT2D eigenvalue weighted by Gasteiger charge is -2.30. The third-order valence-corrected chi connectivity index (χ3v) is 2.77. The number of amides is 1. The topological polar surface area (TPSA) is 83.6 Å². The summed E-state index contributed by atoms with van der Waals surface area (Å²) in [5, 5.41) is 8.49. The molecule has 1 aliphatic heterocycles. The summed E-state index contributed by atoms with van der Waals surface area (Å²) in [6.45, 7) is 2.38. The molecule has 0 bridgehead atoms. The molecule has 0 aliphatic carbocycles. The second-order valence-electron chi connectivity index (χ2n) is 4.04. The average molecular weight is 214 g/mol. The van der Waals surface area contributed by atoms with Crippen LogP contribution >= 0.6 is 0 Å². The molecule has 1 unspecified atom stereocenters. The summed E-state index contributed by atoms with van der Waals surface area (Å²) in [4.78, 5) is 23.4. The van der Waals surface area contributed by atoms with Crippen LogP contribution in [-0.2, 0) is 9.59 Å². The Labute approximate surface area is 89.2 Å². The first-order chi connectivity index (χ1) is 7.09. The van der Waals surface area contributed by atoms with E-state index >= 15 is 0 Å². The van der Waals surface area contributed by atoms with Crippen LogP contribution in [-0.4, -0.2) is 41.5 Å². The molecule has 1 atom stereocenters. The minimum absolute atomic E-state index is 0.0522. The SMILES string of the molecule is NC(=O)C1CCCN(CCCC(=O)O)C1. The molecule has 5 nitrogen and oxygen atoms in total. The highest BCUT2D eigenvalue weighted by Crippen LogP contribution is 2.16. The van der Waals surface area contributed by atoms with Crippen LogP contribution in [0.1, 0.15) is 25.7 Å². The fourth-order valence-electron chi connectivity index (χ4n) is 1.94. The number of nitrogens with zero attached hydrogens (tertiary/aromatic N) is 1. The molecule has 5 heteroatoms. The van der Waals surface area contributed by atoms with E-state index in [4.69, 9.17) is 10.8 Å². The van der Waals surface area contributed by atoms with Crippen molar-refractivity contribution >= 4 is 11.9 Å². The lowest BCUT2D eigenvalue weighted by Crippen LogP contribution is -2.41. The van der Waals surface area contributed by atoms with E-state index in [9.17, 15) is 9.59 Å². The molecular formula is C10H18N2O3. The molecule has 1 fully saturated rings. The number of hydrogen-bond acceptors (Lipinski definition) is 3. The Hall–Kier alpha value is -1.10. The van der Waals surface area contributed by atoms with Crippen molar-refractivity contribution in [1.29, 1.82) is 0 Å². The van der Waals surface area contributed by atoms with Gasteiger partial charge in [0.1, 0.15) is 0 Å². The average Bonchev–Trinajstić information content (AvgIpc) is 2.17. The minimum atomic E-state index is -0.765. The van der Waals surface area contributed by atoms with E-state index in [2.05, 4.69) is 4.90 Å². The van der Waals surface area contributed by atoms with Crippen LogP contribution < -0.4 is 5.73 Å². The Bertz CT molecular complexity index is 243. The molecule has 15 heavy (non-hydrogen) atoms. The van der Waals surface area contributed by atoms with Gasteiger partial charge < -0.3 is 15.7 Å². The number of primary amides is 1. The predicted molar refractivity (Wildman–Crippen MR) is 55.2 cm³/mol. The highest BCUT2D eigenvalue weighted by atomic mass is 16.4.